The Labute approximate surface area is 102 Å². The molecule has 0 saturated heterocycles. The molecule has 1 fully saturated rings. The summed E-state index contributed by atoms with van der Waals surface area (Å²) < 4.78 is 2.37. The van der Waals surface area contributed by atoms with Crippen LogP contribution in [0.2, 0.25) is 0 Å². The van der Waals surface area contributed by atoms with E-state index in [4.69, 9.17) is 0 Å². The van der Waals surface area contributed by atoms with Crippen LogP contribution in [0.4, 0.5) is 0 Å². The van der Waals surface area contributed by atoms with E-state index in [-0.39, 0.29) is 0 Å². The first-order chi connectivity index (χ1) is 7.83. The Kier molecular flexibility index (Phi) is 4.27. The van der Waals surface area contributed by atoms with Crippen LogP contribution in [0.5, 0.6) is 0 Å². The number of nitrogens with zero attached hydrogens (tertiary/aromatic N) is 3. The molecular formula is C12H21N3S. The molecule has 1 aromatic heterocycles. The molecule has 0 N–H and O–H groups in total. The smallest absolute Gasteiger partial charge is 0.191 e. The Balaban J connectivity index is 2.13. The highest BCUT2D eigenvalue weighted by Crippen LogP contribution is 2.32. The van der Waals surface area contributed by atoms with Crippen LogP contribution in [0.25, 0.3) is 0 Å². The summed E-state index contributed by atoms with van der Waals surface area (Å²) >= 11 is 1.85. The largest absolute Gasteiger partial charge is 0.303 e. The Morgan fingerprint density at radius 3 is 2.69 bits per heavy atom. The van der Waals surface area contributed by atoms with Crippen molar-refractivity contribution in [1.29, 1.82) is 0 Å². The highest BCUT2D eigenvalue weighted by Gasteiger charge is 2.20. The van der Waals surface area contributed by atoms with Gasteiger partial charge in [0, 0.05) is 11.8 Å². The summed E-state index contributed by atoms with van der Waals surface area (Å²) in [7, 11) is 0. The third kappa shape index (κ3) is 2.59. The summed E-state index contributed by atoms with van der Waals surface area (Å²) in [4.78, 5) is 0. The van der Waals surface area contributed by atoms with Gasteiger partial charge < -0.3 is 4.57 Å². The molecule has 1 aliphatic rings. The van der Waals surface area contributed by atoms with E-state index in [2.05, 4.69) is 28.6 Å². The monoisotopic (exact) mass is 239 g/mol. The molecule has 0 aromatic carbocycles. The van der Waals surface area contributed by atoms with Gasteiger partial charge in [-0.15, -0.1) is 10.2 Å². The van der Waals surface area contributed by atoms with Gasteiger partial charge in [-0.05, 0) is 26.2 Å². The Hall–Kier alpha value is -0.510. The van der Waals surface area contributed by atoms with Crippen LogP contribution in [0.3, 0.4) is 0 Å². The van der Waals surface area contributed by atoms with Gasteiger partial charge in [0.05, 0.1) is 0 Å². The minimum absolute atomic E-state index is 0.656. The van der Waals surface area contributed by atoms with Crippen molar-refractivity contribution in [2.45, 2.75) is 63.6 Å². The molecule has 1 heterocycles. The predicted octanol–water partition coefficient (Wildman–Crippen LogP) is 3.59. The Bertz CT molecular complexity index is 329. The molecule has 90 valence electrons. The summed E-state index contributed by atoms with van der Waals surface area (Å²) in [5, 5.41) is 9.67. The Morgan fingerprint density at radius 2 is 2.00 bits per heavy atom. The number of aromatic nitrogens is 3. The van der Waals surface area contributed by atoms with Gasteiger partial charge in [-0.3, -0.25) is 0 Å². The third-order valence-electron chi connectivity index (χ3n) is 3.21. The van der Waals surface area contributed by atoms with Crippen molar-refractivity contribution >= 4 is 11.8 Å². The van der Waals surface area contributed by atoms with Gasteiger partial charge in [-0.2, -0.15) is 0 Å². The van der Waals surface area contributed by atoms with Gasteiger partial charge in [0.2, 0.25) is 0 Å². The molecular weight excluding hydrogens is 218 g/mol. The van der Waals surface area contributed by atoms with Crippen LogP contribution >= 0.6 is 11.8 Å². The zero-order valence-electron chi connectivity index (χ0n) is 10.3. The predicted molar refractivity (Wildman–Crippen MR) is 67.9 cm³/mol. The number of thioether (sulfide) groups is 1. The maximum Gasteiger partial charge on any atom is 0.191 e. The molecule has 3 nitrogen and oxygen atoms in total. The van der Waals surface area contributed by atoms with Crippen molar-refractivity contribution in [2.75, 3.05) is 5.75 Å². The molecule has 0 radical (unpaired) electrons. The van der Waals surface area contributed by atoms with Crippen molar-refractivity contribution in [3.63, 3.8) is 0 Å². The first-order valence-electron chi connectivity index (χ1n) is 6.37. The SMILES string of the molecule is CCCSc1nnc(C)n1C1CCCCC1. The lowest BCUT2D eigenvalue weighted by molar-refractivity contribution is 0.332. The zero-order valence-corrected chi connectivity index (χ0v) is 11.1. The summed E-state index contributed by atoms with van der Waals surface area (Å²) in [6, 6.07) is 0.656. The molecule has 0 aliphatic heterocycles. The Morgan fingerprint density at radius 1 is 1.25 bits per heavy atom. The standard InChI is InChI=1S/C12H21N3S/c1-3-9-16-12-14-13-10(2)15(12)11-7-5-4-6-8-11/h11H,3-9H2,1-2H3. The minimum Gasteiger partial charge on any atom is -0.303 e. The van der Waals surface area contributed by atoms with Gasteiger partial charge >= 0.3 is 0 Å². The van der Waals surface area contributed by atoms with Crippen molar-refractivity contribution in [2.24, 2.45) is 0 Å². The van der Waals surface area contributed by atoms with Crippen LogP contribution in [-0.4, -0.2) is 20.5 Å². The van der Waals surface area contributed by atoms with Crippen LogP contribution in [0.15, 0.2) is 5.16 Å². The van der Waals surface area contributed by atoms with E-state index in [1.165, 1.54) is 38.5 Å². The van der Waals surface area contributed by atoms with Crippen LogP contribution in [0, 0.1) is 6.92 Å². The second kappa shape index (κ2) is 5.71. The number of aryl methyl sites for hydroxylation is 1. The van der Waals surface area contributed by atoms with E-state index in [1.807, 2.05) is 11.8 Å². The summed E-state index contributed by atoms with van der Waals surface area (Å²) in [6.07, 6.45) is 7.92. The highest BCUT2D eigenvalue weighted by molar-refractivity contribution is 7.99. The summed E-state index contributed by atoms with van der Waals surface area (Å²) in [5.41, 5.74) is 0. The van der Waals surface area contributed by atoms with E-state index < -0.39 is 0 Å². The van der Waals surface area contributed by atoms with Crippen molar-refractivity contribution in [1.82, 2.24) is 14.8 Å². The van der Waals surface area contributed by atoms with E-state index in [1.54, 1.807) is 0 Å². The van der Waals surface area contributed by atoms with E-state index in [0.717, 1.165) is 16.7 Å². The molecule has 4 heteroatoms. The molecule has 16 heavy (non-hydrogen) atoms. The van der Waals surface area contributed by atoms with Gasteiger partial charge in [-0.1, -0.05) is 37.9 Å². The average molecular weight is 239 g/mol. The topological polar surface area (TPSA) is 30.7 Å². The lowest BCUT2D eigenvalue weighted by Crippen LogP contribution is -2.15. The zero-order chi connectivity index (χ0) is 11.4. The van der Waals surface area contributed by atoms with Gasteiger partial charge in [0.15, 0.2) is 5.16 Å². The van der Waals surface area contributed by atoms with E-state index >= 15 is 0 Å². The molecule has 2 rings (SSSR count). The second-order valence-electron chi connectivity index (χ2n) is 4.54. The minimum atomic E-state index is 0.656. The normalized spacial score (nSPS) is 17.9. The molecule has 1 aromatic rings. The van der Waals surface area contributed by atoms with Gasteiger partial charge in [0.25, 0.3) is 0 Å². The van der Waals surface area contributed by atoms with E-state index in [0.29, 0.717) is 6.04 Å². The maximum absolute atomic E-state index is 4.30. The first-order valence-corrected chi connectivity index (χ1v) is 7.35. The van der Waals surface area contributed by atoms with Crippen molar-refractivity contribution in [3.8, 4) is 0 Å². The fraction of sp³-hybridized carbons (Fsp3) is 0.833. The third-order valence-corrected chi connectivity index (χ3v) is 4.36. The molecule has 0 bridgehead atoms. The van der Waals surface area contributed by atoms with E-state index in [9.17, 15) is 0 Å². The van der Waals surface area contributed by atoms with Gasteiger partial charge in [0.1, 0.15) is 5.82 Å². The molecule has 1 saturated carbocycles. The first kappa shape index (κ1) is 12.0. The van der Waals surface area contributed by atoms with Crippen molar-refractivity contribution in [3.05, 3.63) is 5.82 Å². The fourth-order valence-corrected chi connectivity index (χ4v) is 3.31. The van der Waals surface area contributed by atoms with Crippen molar-refractivity contribution < 1.29 is 0 Å². The number of hydrogen-bond donors (Lipinski definition) is 0. The molecule has 0 unspecified atom stereocenters. The number of hydrogen-bond acceptors (Lipinski definition) is 3. The lowest BCUT2D eigenvalue weighted by Gasteiger charge is -2.24. The second-order valence-corrected chi connectivity index (χ2v) is 5.60. The average Bonchev–Trinajstić information content (AvgIpc) is 2.69. The summed E-state index contributed by atoms with van der Waals surface area (Å²) in [6.45, 7) is 4.29. The molecule has 1 aliphatic carbocycles. The fourth-order valence-electron chi connectivity index (χ4n) is 2.40. The quantitative estimate of drug-likeness (QED) is 0.752. The number of rotatable bonds is 4. The van der Waals surface area contributed by atoms with Crippen LogP contribution < -0.4 is 0 Å². The lowest BCUT2D eigenvalue weighted by atomic mass is 9.95. The highest BCUT2D eigenvalue weighted by atomic mass is 32.2. The summed E-state index contributed by atoms with van der Waals surface area (Å²) in [5.74, 6) is 2.23. The molecule has 0 spiro atoms. The van der Waals surface area contributed by atoms with Crippen LogP contribution in [-0.2, 0) is 0 Å². The maximum atomic E-state index is 4.30. The van der Waals surface area contributed by atoms with Crippen LogP contribution in [0.1, 0.15) is 57.3 Å². The molecule has 0 atom stereocenters. The molecule has 0 amide bonds. The van der Waals surface area contributed by atoms with Gasteiger partial charge in [-0.25, -0.2) is 0 Å².